The van der Waals surface area contributed by atoms with Crippen LogP contribution < -0.4 is 15.4 Å². The Bertz CT molecular complexity index is 754. The van der Waals surface area contributed by atoms with E-state index in [1.807, 2.05) is 13.0 Å². The van der Waals surface area contributed by atoms with Gasteiger partial charge in [-0.15, -0.1) is 0 Å². The molecule has 2 rings (SSSR count). The van der Waals surface area contributed by atoms with Crippen molar-refractivity contribution in [1.82, 2.24) is 15.6 Å². The lowest BCUT2D eigenvalue weighted by molar-refractivity contribution is 0.0487. The summed E-state index contributed by atoms with van der Waals surface area (Å²) in [5, 5.41) is 6.46. The van der Waals surface area contributed by atoms with Gasteiger partial charge in [-0.25, -0.2) is 14.4 Å². The third kappa shape index (κ3) is 10.8. The van der Waals surface area contributed by atoms with Crippen molar-refractivity contribution >= 4 is 5.96 Å². The molecule has 2 N–H and O–H groups in total. The van der Waals surface area contributed by atoms with Crippen molar-refractivity contribution in [2.75, 3.05) is 39.5 Å². The van der Waals surface area contributed by atoms with Crippen LogP contribution in [0.5, 0.6) is 11.6 Å². The second kappa shape index (κ2) is 15.1. The number of hydrogen-bond donors (Lipinski definition) is 2. The van der Waals surface area contributed by atoms with E-state index in [9.17, 15) is 4.39 Å². The average Bonchev–Trinajstić information content (AvgIpc) is 2.79. The minimum atomic E-state index is -0.304. The van der Waals surface area contributed by atoms with E-state index in [1.54, 1.807) is 24.4 Å². The monoisotopic (exact) mass is 432 g/mol. The highest BCUT2D eigenvalue weighted by Crippen LogP contribution is 2.19. The van der Waals surface area contributed by atoms with Crippen molar-refractivity contribution in [3.8, 4) is 11.6 Å². The van der Waals surface area contributed by atoms with Crippen molar-refractivity contribution in [2.45, 2.75) is 33.2 Å². The maximum Gasteiger partial charge on any atom is 0.219 e. The van der Waals surface area contributed by atoms with E-state index < -0.39 is 0 Å². The van der Waals surface area contributed by atoms with E-state index in [0.29, 0.717) is 44.5 Å². The quantitative estimate of drug-likeness (QED) is 0.268. The van der Waals surface area contributed by atoms with Gasteiger partial charge in [-0.1, -0.05) is 19.4 Å². The first-order valence-corrected chi connectivity index (χ1v) is 10.8. The Morgan fingerprint density at radius 3 is 2.42 bits per heavy atom. The number of aliphatic imine (C=N–C) groups is 1. The summed E-state index contributed by atoms with van der Waals surface area (Å²) < 4.78 is 29.6. The van der Waals surface area contributed by atoms with Crippen LogP contribution in [-0.4, -0.2) is 50.5 Å². The zero-order chi connectivity index (χ0) is 22.2. The topological polar surface area (TPSA) is 77.0 Å². The number of benzene rings is 1. The summed E-state index contributed by atoms with van der Waals surface area (Å²) in [6, 6.07) is 9.49. The average molecular weight is 433 g/mol. The third-order valence-corrected chi connectivity index (χ3v) is 4.15. The van der Waals surface area contributed by atoms with E-state index in [1.165, 1.54) is 12.1 Å². The molecule has 7 nitrogen and oxygen atoms in total. The van der Waals surface area contributed by atoms with Gasteiger partial charge < -0.3 is 24.8 Å². The summed E-state index contributed by atoms with van der Waals surface area (Å²) in [6.45, 7) is 8.66. The number of halogens is 1. The zero-order valence-electron chi connectivity index (χ0n) is 18.4. The molecule has 0 aliphatic carbocycles. The van der Waals surface area contributed by atoms with Crippen LogP contribution in [0.15, 0.2) is 47.6 Å². The van der Waals surface area contributed by atoms with Crippen LogP contribution in [0.1, 0.15) is 32.3 Å². The van der Waals surface area contributed by atoms with Crippen LogP contribution in [0.4, 0.5) is 4.39 Å². The summed E-state index contributed by atoms with van der Waals surface area (Å²) in [4.78, 5) is 8.85. The second-order valence-corrected chi connectivity index (χ2v) is 6.76. The molecule has 1 heterocycles. The fourth-order valence-corrected chi connectivity index (χ4v) is 2.51. The van der Waals surface area contributed by atoms with E-state index in [4.69, 9.17) is 14.2 Å². The first-order valence-electron chi connectivity index (χ1n) is 10.8. The minimum Gasteiger partial charge on any atom is -0.439 e. The molecule has 0 amide bonds. The van der Waals surface area contributed by atoms with Crippen molar-refractivity contribution in [2.24, 2.45) is 4.99 Å². The van der Waals surface area contributed by atoms with E-state index in [-0.39, 0.29) is 5.82 Å². The number of unbranched alkanes of at least 4 members (excludes halogenated alkanes) is 1. The molecule has 0 atom stereocenters. The SMILES string of the molecule is CCCCOCCOCCNC(=NCc1ccc(Oc2ccc(F)cc2)nc1)NCC. The number of nitrogens with one attached hydrogen (secondary N) is 2. The molecule has 0 aliphatic rings. The summed E-state index contributed by atoms with van der Waals surface area (Å²) in [5.74, 6) is 1.40. The van der Waals surface area contributed by atoms with Gasteiger partial charge in [-0.05, 0) is 43.2 Å². The first kappa shape index (κ1) is 24.6. The largest absolute Gasteiger partial charge is 0.439 e. The Hall–Kier alpha value is -2.71. The molecule has 0 fully saturated rings. The fraction of sp³-hybridized carbons (Fsp3) is 0.478. The summed E-state index contributed by atoms with van der Waals surface area (Å²) in [6.07, 6.45) is 3.94. The normalized spacial score (nSPS) is 11.4. The van der Waals surface area contributed by atoms with Crippen LogP contribution in [0.25, 0.3) is 0 Å². The maximum absolute atomic E-state index is 13.0. The molecular weight excluding hydrogens is 399 g/mol. The molecule has 0 bridgehead atoms. The zero-order valence-corrected chi connectivity index (χ0v) is 18.4. The predicted octanol–water partition coefficient (Wildman–Crippen LogP) is 3.90. The van der Waals surface area contributed by atoms with Crippen LogP contribution in [0, 0.1) is 5.82 Å². The number of guanidine groups is 1. The summed E-state index contributed by atoms with van der Waals surface area (Å²) >= 11 is 0. The van der Waals surface area contributed by atoms with E-state index in [0.717, 1.165) is 37.5 Å². The van der Waals surface area contributed by atoms with Crippen molar-refractivity contribution in [3.05, 3.63) is 54.0 Å². The Morgan fingerprint density at radius 1 is 0.968 bits per heavy atom. The number of pyridine rings is 1. The summed E-state index contributed by atoms with van der Waals surface area (Å²) in [5.41, 5.74) is 0.948. The minimum absolute atomic E-state index is 0.304. The van der Waals surface area contributed by atoms with Gasteiger partial charge in [0.1, 0.15) is 11.6 Å². The van der Waals surface area contributed by atoms with E-state index >= 15 is 0 Å². The first-order chi connectivity index (χ1) is 15.2. The van der Waals surface area contributed by atoms with Gasteiger partial charge in [-0.2, -0.15) is 0 Å². The number of nitrogens with zero attached hydrogens (tertiary/aromatic N) is 2. The molecule has 170 valence electrons. The third-order valence-electron chi connectivity index (χ3n) is 4.15. The molecule has 31 heavy (non-hydrogen) atoms. The van der Waals surface area contributed by atoms with Gasteiger partial charge in [0.05, 0.1) is 26.4 Å². The van der Waals surface area contributed by atoms with Crippen LogP contribution >= 0.6 is 0 Å². The second-order valence-electron chi connectivity index (χ2n) is 6.76. The van der Waals surface area contributed by atoms with Crippen LogP contribution in [0.2, 0.25) is 0 Å². The predicted molar refractivity (Wildman–Crippen MR) is 120 cm³/mol. The van der Waals surface area contributed by atoms with Crippen LogP contribution in [0.3, 0.4) is 0 Å². The molecule has 0 unspecified atom stereocenters. The standard InChI is InChI=1S/C23H33FN4O3/c1-3-5-13-29-15-16-30-14-12-26-23(25-4-2)28-18-19-6-11-22(27-17-19)31-21-9-7-20(24)8-10-21/h6-11,17H,3-5,12-16,18H2,1-2H3,(H2,25,26,28). The molecular formula is C23H33FN4O3. The molecule has 0 saturated heterocycles. The van der Waals surface area contributed by atoms with Crippen molar-refractivity contribution in [1.29, 1.82) is 0 Å². The fourth-order valence-electron chi connectivity index (χ4n) is 2.51. The summed E-state index contributed by atoms with van der Waals surface area (Å²) in [7, 11) is 0. The highest BCUT2D eigenvalue weighted by molar-refractivity contribution is 5.79. The van der Waals surface area contributed by atoms with Gasteiger partial charge >= 0.3 is 0 Å². The maximum atomic E-state index is 13.0. The Kier molecular flexibility index (Phi) is 12.0. The van der Waals surface area contributed by atoms with Gasteiger partial charge in [0.25, 0.3) is 0 Å². The highest BCUT2D eigenvalue weighted by atomic mass is 19.1. The van der Waals surface area contributed by atoms with Gasteiger partial charge in [0.15, 0.2) is 5.96 Å². The number of hydrogen-bond acceptors (Lipinski definition) is 5. The molecule has 0 saturated carbocycles. The molecule has 0 spiro atoms. The molecule has 8 heteroatoms. The highest BCUT2D eigenvalue weighted by Gasteiger charge is 2.01. The lowest BCUT2D eigenvalue weighted by Crippen LogP contribution is -2.39. The van der Waals surface area contributed by atoms with Crippen molar-refractivity contribution < 1.29 is 18.6 Å². The Morgan fingerprint density at radius 2 is 1.74 bits per heavy atom. The number of rotatable bonds is 14. The van der Waals surface area contributed by atoms with Gasteiger partial charge in [0, 0.05) is 32.0 Å². The van der Waals surface area contributed by atoms with Crippen LogP contribution in [-0.2, 0) is 16.0 Å². The molecule has 1 aromatic heterocycles. The Labute approximate surface area is 184 Å². The molecule has 2 aromatic rings. The molecule has 0 radical (unpaired) electrons. The lowest BCUT2D eigenvalue weighted by Gasteiger charge is -2.12. The number of ether oxygens (including phenoxy) is 3. The Balaban J connectivity index is 1.71. The molecule has 0 aliphatic heterocycles. The van der Waals surface area contributed by atoms with Gasteiger partial charge in [-0.3, -0.25) is 0 Å². The lowest BCUT2D eigenvalue weighted by atomic mass is 10.3. The van der Waals surface area contributed by atoms with Gasteiger partial charge in [0.2, 0.25) is 5.88 Å². The van der Waals surface area contributed by atoms with E-state index in [2.05, 4.69) is 27.5 Å². The smallest absolute Gasteiger partial charge is 0.219 e. The number of aromatic nitrogens is 1. The van der Waals surface area contributed by atoms with Crippen molar-refractivity contribution in [3.63, 3.8) is 0 Å². The molecule has 1 aromatic carbocycles.